The van der Waals surface area contributed by atoms with Crippen LogP contribution >= 0.6 is 15.9 Å². The van der Waals surface area contributed by atoms with E-state index in [0.29, 0.717) is 6.42 Å². The highest BCUT2D eigenvalue weighted by molar-refractivity contribution is 9.10. The lowest BCUT2D eigenvalue weighted by Crippen LogP contribution is -2.18. The van der Waals surface area contributed by atoms with Crippen molar-refractivity contribution in [3.8, 4) is 11.8 Å². The Hall–Kier alpha value is -1.05. The van der Waals surface area contributed by atoms with Crippen molar-refractivity contribution in [2.45, 2.75) is 39.3 Å². The van der Waals surface area contributed by atoms with E-state index in [-0.39, 0.29) is 0 Å². The van der Waals surface area contributed by atoms with Gasteiger partial charge in [-0.1, -0.05) is 26.0 Å². The topological polar surface area (TPSA) is 45.0 Å². The second-order valence-corrected chi connectivity index (χ2v) is 4.90. The normalized spacial score (nSPS) is 11.9. The molecule has 0 bridgehead atoms. The van der Waals surface area contributed by atoms with Crippen molar-refractivity contribution in [3.63, 3.8) is 0 Å². The number of nitriles is 1. The average Bonchev–Trinajstić information content (AvgIpc) is 2.38. The maximum Gasteiger partial charge on any atom is 0.184 e. The maximum absolute atomic E-state index is 8.98. The number of benzene rings is 1. The van der Waals surface area contributed by atoms with Crippen LogP contribution < -0.4 is 10.1 Å². The zero-order chi connectivity index (χ0) is 13.4. The maximum atomic E-state index is 8.98. The second kappa shape index (κ2) is 8.12. The monoisotopic (exact) mass is 310 g/mol. The first-order chi connectivity index (χ1) is 8.72. The molecule has 0 aliphatic carbocycles. The minimum atomic E-state index is -0.395. The van der Waals surface area contributed by atoms with Gasteiger partial charge in [-0.3, -0.25) is 0 Å². The summed E-state index contributed by atoms with van der Waals surface area (Å²) in [4.78, 5) is 0. The molecule has 1 N–H and O–H groups in total. The molecule has 1 rings (SSSR count). The lowest BCUT2D eigenvalue weighted by Gasteiger charge is -2.16. The molecule has 0 radical (unpaired) electrons. The van der Waals surface area contributed by atoms with Crippen LogP contribution in [0.25, 0.3) is 0 Å². The highest BCUT2D eigenvalue weighted by Crippen LogP contribution is 2.30. The summed E-state index contributed by atoms with van der Waals surface area (Å²) in [6, 6.07) is 8.09. The molecule has 98 valence electrons. The number of hydrogen-bond acceptors (Lipinski definition) is 3. The molecule has 1 unspecified atom stereocenters. The molecule has 0 aliphatic heterocycles. The molecule has 0 fully saturated rings. The zero-order valence-corrected chi connectivity index (χ0v) is 12.5. The van der Waals surface area contributed by atoms with Crippen LogP contribution in [0.2, 0.25) is 0 Å². The van der Waals surface area contributed by atoms with Gasteiger partial charge in [-0.05, 0) is 41.4 Å². The molecule has 4 heteroatoms. The highest BCUT2D eigenvalue weighted by Gasteiger charge is 2.13. The lowest BCUT2D eigenvalue weighted by molar-refractivity contribution is 0.247. The number of para-hydroxylation sites is 1. The van der Waals surface area contributed by atoms with Crippen LogP contribution in [0, 0.1) is 11.3 Å². The van der Waals surface area contributed by atoms with E-state index < -0.39 is 6.10 Å². The number of nitrogens with zero attached hydrogens (tertiary/aromatic N) is 1. The van der Waals surface area contributed by atoms with Crippen molar-refractivity contribution >= 4 is 15.9 Å². The van der Waals surface area contributed by atoms with Crippen LogP contribution in [-0.2, 0) is 6.54 Å². The van der Waals surface area contributed by atoms with Crippen molar-refractivity contribution in [2.24, 2.45) is 0 Å². The highest BCUT2D eigenvalue weighted by atomic mass is 79.9. The van der Waals surface area contributed by atoms with Crippen molar-refractivity contribution in [1.29, 1.82) is 5.26 Å². The van der Waals surface area contributed by atoms with E-state index >= 15 is 0 Å². The molecule has 3 nitrogen and oxygen atoms in total. The summed E-state index contributed by atoms with van der Waals surface area (Å²) >= 11 is 3.48. The third kappa shape index (κ3) is 4.32. The molecular formula is C14H19BrN2O. The second-order valence-electron chi connectivity index (χ2n) is 4.05. The summed E-state index contributed by atoms with van der Waals surface area (Å²) in [5.41, 5.74) is 1.08. The molecule has 0 amide bonds. The quantitative estimate of drug-likeness (QED) is 0.782. The first-order valence-electron chi connectivity index (χ1n) is 6.27. The standard InChI is InChI=1S/C14H19BrN2O/c1-3-8-17-10-11-6-5-7-13(15)14(11)18-12(4-2)9-16/h5-7,12,17H,3-4,8,10H2,1-2H3. The van der Waals surface area contributed by atoms with Gasteiger partial charge in [0.1, 0.15) is 11.8 Å². The summed E-state index contributed by atoms with van der Waals surface area (Å²) < 4.78 is 6.65. The van der Waals surface area contributed by atoms with Crippen molar-refractivity contribution in [1.82, 2.24) is 5.32 Å². The van der Waals surface area contributed by atoms with E-state index in [1.165, 1.54) is 0 Å². The van der Waals surface area contributed by atoms with Gasteiger partial charge in [0.15, 0.2) is 6.10 Å². The fourth-order valence-electron chi connectivity index (χ4n) is 1.57. The predicted molar refractivity (Wildman–Crippen MR) is 76.5 cm³/mol. The molecule has 18 heavy (non-hydrogen) atoms. The fourth-order valence-corrected chi connectivity index (χ4v) is 2.07. The Kier molecular flexibility index (Phi) is 6.77. The van der Waals surface area contributed by atoms with Gasteiger partial charge in [-0.25, -0.2) is 0 Å². The van der Waals surface area contributed by atoms with Crippen LogP contribution in [0.4, 0.5) is 0 Å². The number of rotatable bonds is 7. The molecule has 0 saturated carbocycles. The van der Waals surface area contributed by atoms with E-state index in [1.807, 2.05) is 25.1 Å². The Morgan fingerprint density at radius 3 is 2.83 bits per heavy atom. The van der Waals surface area contributed by atoms with Gasteiger partial charge >= 0.3 is 0 Å². The van der Waals surface area contributed by atoms with Crippen LogP contribution in [0.15, 0.2) is 22.7 Å². The minimum Gasteiger partial charge on any atom is -0.474 e. The van der Waals surface area contributed by atoms with E-state index in [1.54, 1.807) is 0 Å². The van der Waals surface area contributed by atoms with Gasteiger partial charge in [0.2, 0.25) is 0 Å². The molecule has 0 aromatic heterocycles. The first kappa shape index (κ1) is 15.0. The Labute approximate surface area is 117 Å². The Morgan fingerprint density at radius 2 is 2.22 bits per heavy atom. The zero-order valence-electron chi connectivity index (χ0n) is 10.9. The minimum absolute atomic E-state index is 0.395. The molecular weight excluding hydrogens is 292 g/mol. The molecule has 0 aliphatic rings. The number of ether oxygens (including phenoxy) is 1. The van der Waals surface area contributed by atoms with E-state index in [9.17, 15) is 0 Å². The molecule has 0 heterocycles. The molecule has 0 spiro atoms. The van der Waals surface area contributed by atoms with Crippen LogP contribution in [-0.4, -0.2) is 12.6 Å². The first-order valence-corrected chi connectivity index (χ1v) is 7.06. The fraction of sp³-hybridized carbons (Fsp3) is 0.500. The number of hydrogen-bond donors (Lipinski definition) is 1. The van der Waals surface area contributed by atoms with Crippen LogP contribution in [0.5, 0.6) is 5.75 Å². The van der Waals surface area contributed by atoms with Gasteiger partial charge in [0.25, 0.3) is 0 Å². The Bertz CT molecular complexity index is 415. The van der Waals surface area contributed by atoms with Crippen LogP contribution in [0.1, 0.15) is 32.3 Å². The van der Waals surface area contributed by atoms with Crippen LogP contribution in [0.3, 0.4) is 0 Å². The van der Waals surface area contributed by atoms with E-state index in [4.69, 9.17) is 10.00 Å². The summed E-state index contributed by atoms with van der Waals surface area (Å²) in [7, 11) is 0. The lowest BCUT2D eigenvalue weighted by atomic mass is 10.2. The Morgan fingerprint density at radius 1 is 1.44 bits per heavy atom. The molecule has 1 aromatic rings. The van der Waals surface area contributed by atoms with E-state index in [0.717, 1.165) is 35.3 Å². The number of nitrogens with one attached hydrogen (secondary N) is 1. The summed E-state index contributed by atoms with van der Waals surface area (Å²) in [5.74, 6) is 0.773. The predicted octanol–water partition coefficient (Wildman–Crippen LogP) is 3.63. The summed E-state index contributed by atoms with van der Waals surface area (Å²) in [6.07, 6.45) is 1.38. The molecule has 1 atom stereocenters. The third-order valence-electron chi connectivity index (χ3n) is 2.57. The van der Waals surface area contributed by atoms with E-state index in [2.05, 4.69) is 34.2 Å². The SMILES string of the molecule is CCCNCc1cccc(Br)c1OC(C#N)CC. The van der Waals surface area contributed by atoms with Gasteiger partial charge < -0.3 is 10.1 Å². The van der Waals surface area contributed by atoms with Crippen molar-refractivity contribution in [2.75, 3.05) is 6.54 Å². The molecule has 1 aromatic carbocycles. The summed E-state index contributed by atoms with van der Waals surface area (Å²) in [5, 5.41) is 12.3. The van der Waals surface area contributed by atoms with Crippen molar-refractivity contribution < 1.29 is 4.74 Å². The number of halogens is 1. The largest absolute Gasteiger partial charge is 0.474 e. The Balaban J connectivity index is 2.83. The smallest absolute Gasteiger partial charge is 0.184 e. The van der Waals surface area contributed by atoms with Gasteiger partial charge in [-0.2, -0.15) is 5.26 Å². The molecule has 0 saturated heterocycles. The summed E-state index contributed by atoms with van der Waals surface area (Å²) in [6.45, 7) is 5.81. The van der Waals surface area contributed by atoms with Crippen molar-refractivity contribution in [3.05, 3.63) is 28.2 Å². The van der Waals surface area contributed by atoms with Gasteiger partial charge in [0, 0.05) is 12.1 Å². The average molecular weight is 311 g/mol. The van der Waals surface area contributed by atoms with Gasteiger partial charge in [0.05, 0.1) is 4.47 Å². The third-order valence-corrected chi connectivity index (χ3v) is 3.19. The van der Waals surface area contributed by atoms with Gasteiger partial charge in [-0.15, -0.1) is 0 Å².